The van der Waals surface area contributed by atoms with Gasteiger partial charge in [0, 0.05) is 19.6 Å². The summed E-state index contributed by atoms with van der Waals surface area (Å²) in [5.74, 6) is 0.427. The van der Waals surface area contributed by atoms with Gasteiger partial charge in [-0.05, 0) is 49.9 Å². The van der Waals surface area contributed by atoms with Gasteiger partial charge < -0.3 is 15.3 Å². The number of hydrogen-bond donors (Lipinski definition) is 2. The van der Waals surface area contributed by atoms with E-state index >= 15 is 0 Å². The molecule has 1 aliphatic rings. The van der Waals surface area contributed by atoms with Crippen molar-refractivity contribution in [1.82, 2.24) is 5.32 Å². The Hall–Kier alpha value is -1.13. The van der Waals surface area contributed by atoms with Crippen LogP contribution in [0.1, 0.15) is 39.2 Å². The van der Waals surface area contributed by atoms with Crippen LogP contribution < -0.4 is 10.2 Å². The van der Waals surface area contributed by atoms with Crippen molar-refractivity contribution in [3.05, 3.63) is 29.6 Å². The summed E-state index contributed by atoms with van der Waals surface area (Å²) in [5.41, 5.74) is 1.02. The lowest BCUT2D eigenvalue weighted by atomic mass is 9.93. The molecule has 0 aliphatic carbocycles. The SMILES string of the molecule is CC(C)CNCc1ccc(N2CCC(C)(O)CC2)c(F)c1. The van der Waals surface area contributed by atoms with Crippen LogP contribution in [-0.2, 0) is 6.54 Å². The average molecular weight is 294 g/mol. The van der Waals surface area contributed by atoms with Gasteiger partial charge in [-0.2, -0.15) is 0 Å². The molecule has 0 radical (unpaired) electrons. The molecule has 0 saturated carbocycles. The van der Waals surface area contributed by atoms with Crippen molar-refractivity contribution >= 4 is 5.69 Å². The van der Waals surface area contributed by atoms with Gasteiger partial charge >= 0.3 is 0 Å². The van der Waals surface area contributed by atoms with Crippen LogP contribution in [0, 0.1) is 11.7 Å². The zero-order valence-electron chi connectivity index (χ0n) is 13.3. The first-order valence-electron chi connectivity index (χ1n) is 7.84. The quantitative estimate of drug-likeness (QED) is 0.876. The van der Waals surface area contributed by atoms with Crippen LogP contribution in [0.25, 0.3) is 0 Å². The molecule has 1 fully saturated rings. The van der Waals surface area contributed by atoms with E-state index in [1.165, 1.54) is 0 Å². The van der Waals surface area contributed by atoms with Crippen molar-refractivity contribution in [3.63, 3.8) is 0 Å². The number of anilines is 1. The molecule has 0 bridgehead atoms. The van der Waals surface area contributed by atoms with Crippen LogP contribution in [0.2, 0.25) is 0 Å². The van der Waals surface area contributed by atoms with Gasteiger partial charge in [0.2, 0.25) is 0 Å². The Labute approximate surface area is 127 Å². The molecule has 0 spiro atoms. The predicted molar refractivity (Wildman–Crippen MR) is 85.0 cm³/mol. The Morgan fingerprint density at radius 1 is 1.33 bits per heavy atom. The molecule has 0 unspecified atom stereocenters. The van der Waals surface area contributed by atoms with Gasteiger partial charge in [0.05, 0.1) is 11.3 Å². The number of benzene rings is 1. The van der Waals surface area contributed by atoms with Crippen molar-refractivity contribution in [1.29, 1.82) is 0 Å². The van der Waals surface area contributed by atoms with Crippen LogP contribution in [0.3, 0.4) is 0 Å². The number of halogens is 1. The van der Waals surface area contributed by atoms with Crippen LogP contribution in [-0.4, -0.2) is 30.3 Å². The highest BCUT2D eigenvalue weighted by Gasteiger charge is 2.28. The van der Waals surface area contributed by atoms with Crippen molar-refractivity contribution in [2.75, 3.05) is 24.5 Å². The Balaban J connectivity index is 1.96. The third-order valence-corrected chi connectivity index (χ3v) is 4.08. The molecule has 1 aliphatic heterocycles. The Morgan fingerprint density at radius 3 is 2.57 bits per heavy atom. The molecule has 1 saturated heterocycles. The highest BCUT2D eigenvalue weighted by Crippen LogP contribution is 2.28. The summed E-state index contributed by atoms with van der Waals surface area (Å²) < 4.78 is 14.3. The number of rotatable bonds is 5. The fourth-order valence-electron chi connectivity index (χ4n) is 2.65. The van der Waals surface area contributed by atoms with E-state index < -0.39 is 5.60 Å². The standard InChI is InChI=1S/C17H27FN2O/c1-13(2)11-19-12-14-4-5-16(15(18)10-14)20-8-6-17(3,21)7-9-20/h4-5,10,13,19,21H,6-9,11-12H2,1-3H3. The summed E-state index contributed by atoms with van der Waals surface area (Å²) in [6, 6.07) is 5.47. The van der Waals surface area contributed by atoms with E-state index in [4.69, 9.17) is 0 Å². The van der Waals surface area contributed by atoms with E-state index in [9.17, 15) is 9.50 Å². The molecule has 0 aromatic heterocycles. The lowest BCUT2D eigenvalue weighted by molar-refractivity contribution is 0.0350. The normalized spacial score (nSPS) is 18.3. The lowest BCUT2D eigenvalue weighted by Crippen LogP contribution is -2.42. The molecule has 4 heteroatoms. The number of hydrogen-bond acceptors (Lipinski definition) is 3. The van der Waals surface area contributed by atoms with Crippen LogP contribution in [0.4, 0.5) is 10.1 Å². The molecule has 1 aromatic rings. The van der Waals surface area contributed by atoms with Gasteiger partial charge in [0.25, 0.3) is 0 Å². The van der Waals surface area contributed by atoms with Gasteiger partial charge in [0.1, 0.15) is 5.82 Å². The predicted octanol–water partition coefficient (Wildman–Crippen LogP) is 2.92. The minimum atomic E-state index is -0.603. The minimum Gasteiger partial charge on any atom is -0.390 e. The third kappa shape index (κ3) is 4.68. The summed E-state index contributed by atoms with van der Waals surface area (Å²) in [5, 5.41) is 13.3. The highest BCUT2D eigenvalue weighted by atomic mass is 19.1. The molecule has 2 rings (SSSR count). The lowest BCUT2D eigenvalue weighted by Gasteiger charge is -2.37. The second kappa shape index (κ2) is 6.75. The van der Waals surface area contributed by atoms with Crippen molar-refractivity contribution < 1.29 is 9.50 Å². The Kier molecular flexibility index (Phi) is 5.22. The van der Waals surface area contributed by atoms with Gasteiger partial charge in [-0.3, -0.25) is 0 Å². The molecular weight excluding hydrogens is 267 g/mol. The molecule has 118 valence electrons. The first kappa shape index (κ1) is 16.2. The zero-order chi connectivity index (χ0) is 15.5. The Morgan fingerprint density at radius 2 is 2.00 bits per heavy atom. The van der Waals surface area contributed by atoms with Gasteiger partial charge in [-0.1, -0.05) is 19.9 Å². The first-order chi connectivity index (χ1) is 9.87. The fraction of sp³-hybridized carbons (Fsp3) is 0.647. The average Bonchev–Trinajstić information content (AvgIpc) is 2.39. The molecule has 1 aromatic carbocycles. The number of nitrogens with one attached hydrogen (secondary N) is 1. The molecule has 2 N–H and O–H groups in total. The van der Waals surface area contributed by atoms with Gasteiger partial charge in [0.15, 0.2) is 0 Å². The van der Waals surface area contributed by atoms with Crippen molar-refractivity contribution in [3.8, 4) is 0 Å². The maximum Gasteiger partial charge on any atom is 0.146 e. The second-order valence-electron chi connectivity index (χ2n) is 6.79. The molecule has 21 heavy (non-hydrogen) atoms. The number of nitrogens with zero attached hydrogens (tertiary/aromatic N) is 1. The molecule has 1 heterocycles. The summed E-state index contributed by atoms with van der Waals surface area (Å²) in [7, 11) is 0. The van der Waals surface area contributed by atoms with E-state index in [1.54, 1.807) is 6.07 Å². The van der Waals surface area contributed by atoms with Crippen molar-refractivity contribution in [2.45, 2.75) is 45.8 Å². The first-order valence-corrected chi connectivity index (χ1v) is 7.84. The molecular formula is C17H27FN2O. The van der Waals surface area contributed by atoms with E-state index in [-0.39, 0.29) is 5.82 Å². The maximum absolute atomic E-state index is 14.3. The monoisotopic (exact) mass is 294 g/mol. The highest BCUT2D eigenvalue weighted by molar-refractivity contribution is 5.49. The zero-order valence-corrected chi connectivity index (χ0v) is 13.3. The number of aliphatic hydroxyl groups is 1. The third-order valence-electron chi connectivity index (χ3n) is 4.08. The van der Waals surface area contributed by atoms with Crippen LogP contribution in [0.5, 0.6) is 0 Å². The van der Waals surface area contributed by atoms with E-state index in [0.29, 0.717) is 44.1 Å². The fourth-order valence-corrected chi connectivity index (χ4v) is 2.65. The molecule has 3 nitrogen and oxygen atoms in total. The van der Waals surface area contributed by atoms with Gasteiger partial charge in [-0.25, -0.2) is 4.39 Å². The largest absolute Gasteiger partial charge is 0.390 e. The molecule has 0 amide bonds. The summed E-state index contributed by atoms with van der Waals surface area (Å²) in [4.78, 5) is 2.03. The topological polar surface area (TPSA) is 35.5 Å². The van der Waals surface area contributed by atoms with E-state index in [2.05, 4.69) is 19.2 Å². The van der Waals surface area contributed by atoms with Crippen LogP contribution in [0.15, 0.2) is 18.2 Å². The molecule has 0 atom stereocenters. The second-order valence-corrected chi connectivity index (χ2v) is 6.79. The smallest absolute Gasteiger partial charge is 0.146 e. The van der Waals surface area contributed by atoms with E-state index in [1.807, 2.05) is 24.0 Å². The van der Waals surface area contributed by atoms with Crippen LogP contribution >= 0.6 is 0 Å². The minimum absolute atomic E-state index is 0.166. The maximum atomic E-state index is 14.3. The van der Waals surface area contributed by atoms with Crippen molar-refractivity contribution in [2.24, 2.45) is 5.92 Å². The summed E-state index contributed by atoms with van der Waals surface area (Å²) >= 11 is 0. The summed E-state index contributed by atoms with van der Waals surface area (Å²) in [6.07, 6.45) is 1.37. The number of piperidine rings is 1. The Bertz CT molecular complexity index is 464. The van der Waals surface area contributed by atoms with Gasteiger partial charge in [-0.15, -0.1) is 0 Å². The van der Waals surface area contributed by atoms with E-state index in [0.717, 1.165) is 12.1 Å². The summed E-state index contributed by atoms with van der Waals surface area (Å²) in [6.45, 7) is 9.20.